The van der Waals surface area contributed by atoms with E-state index in [2.05, 4.69) is 4.74 Å². The van der Waals surface area contributed by atoms with Gasteiger partial charge in [0, 0.05) is 18.9 Å². The molecule has 1 aliphatic carbocycles. The standard InChI is InChI=1S/C13H20O5/c1-16-12(15)6-5-10(14)11-9-17-13(18-11)7-3-2-4-8-13/h5-6,10-11,14H,2-4,7-9H2,1H3/b6-5+/t10?,11-/m1/s1. The van der Waals surface area contributed by atoms with Gasteiger partial charge in [0.05, 0.1) is 13.7 Å². The van der Waals surface area contributed by atoms with Gasteiger partial charge in [-0.1, -0.05) is 6.42 Å². The number of rotatable bonds is 3. The van der Waals surface area contributed by atoms with Crippen molar-refractivity contribution in [2.24, 2.45) is 0 Å². The van der Waals surface area contributed by atoms with Crippen LogP contribution in [0.15, 0.2) is 12.2 Å². The van der Waals surface area contributed by atoms with E-state index < -0.39 is 24.0 Å². The van der Waals surface area contributed by atoms with Crippen molar-refractivity contribution in [3.63, 3.8) is 0 Å². The number of aliphatic hydroxyl groups excluding tert-OH is 1. The first-order valence-corrected chi connectivity index (χ1v) is 6.41. The van der Waals surface area contributed by atoms with Gasteiger partial charge in [-0.05, 0) is 18.9 Å². The highest BCUT2D eigenvalue weighted by molar-refractivity contribution is 5.81. The summed E-state index contributed by atoms with van der Waals surface area (Å²) in [5, 5.41) is 9.91. The Labute approximate surface area is 107 Å². The zero-order valence-electron chi connectivity index (χ0n) is 10.6. The van der Waals surface area contributed by atoms with Crippen molar-refractivity contribution in [3.05, 3.63) is 12.2 Å². The van der Waals surface area contributed by atoms with Crippen LogP contribution >= 0.6 is 0 Å². The van der Waals surface area contributed by atoms with Gasteiger partial charge in [0.2, 0.25) is 0 Å². The van der Waals surface area contributed by atoms with Crippen molar-refractivity contribution >= 4 is 5.97 Å². The Hall–Kier alpha value is -0.910. The van der Waals surface area contributed by atoms with Crippen molar-refractivity contribution in [2.45, 2.75) is 50.1 Å². The van der Waals surface area contributed by atoms with Gasteiger partial charge in [-0.2, -0.15) is 0 Å². The van der Waals surface area contributed by atoms with E-state index in [0.717, 1.165) is 25.7 Å². The predicted molar refractivity (Wildman–Crippen MR) is 63.8 cm³/mol. The number of aliphatic hydroxyl groups is 1. The summed E-state index contributed by atoms with van der Waals surface area (Å²) >= 11 is 0. The maximum Gasteiger partial charge on any atom is 0.330 e. The minimum Gasteiger partial charge on any atom is -0.466 e. The van der Waals surface area contributed by atoms with E-state index in [1.54, 1.807) is 0 Å². The maximum absolute atomic E-state index is 10.9. The fourth-order valence-electron chi connectivity index (χ4n) is 2.47. The molecule has 0 aromatic carbocycles. The molecular weight excluding hydrogens is 236 g/mol. The van der Waals surface area contributed by atoms with Gasteiger partial charge in [-0.15, -0.1) is 0 Å². The van der Waals surface area contributed by atoms with E-state index in [1.165, 1.54) is 25.7 Å². The molecule has 0 bridgehead atoms. The Morgan fingerprint density at radius 3 is 2.83 bits per heavy atom. The van der Waals surface area contributed by atoms with Gasteiger partial charge < -0.3 is 19.3 Å². The average molecular weight is 256 g/mol. The number of hydrogen-bond donors (Lipinski definition) is 1. The SMILES string of the molecule is COC(=O)/C=C/C(O)[C@H]1COC2(CCCCC2)O1. The predicted octanol–water partition coefficient (Wildman–Crippen LogP) is 1.15. The summed E-state index contributed by atoms with van der Waals surface area (Å²) in [5.41, 5.74) is 0. The smallest absolute Gasteiger partial charge is 0.330 e. The molecule has 1 aliphatic heterocycles. The third kappa shape index (κ3) is 3.10. The molecule has 1 saturated carbocycles. The van der Waals surface area contributed by atoms with Crippen LogP contribution in [0.4, 0.5) is 0 Å². The number of carbonyl (C=O) groups excluding carboxylic acids is 1. The van der Waals surface area contributed by atoms with Crippen LogP contribution in [0.5, 0.6) is 0 Å². The Kier molecular flexibility index (Phi) is 4.37. The molecule has 2 rings (SSSR count). The number of ether oxygens (including phenoxy) is 3. The highest BCUT2D eigenvalue weighted by atomic mass is 16.7. The van der Waals surface area contributed by atoms with E-state index in [9.17, 15) is 9.90 Å². The lowest BCUT2D eigenvalue weighted by Gasteiger charge is -2.32. The van der Waals surface area contributed by atoms with Crippen molar-refractivity contribution in [2.75, 3.05) is 13.7 Å². The average Bonchev–Trinajstić information content (AvgIpc) is 2.80. The second-order valence-electron chi connectivity index (χ2n) is 4.81. The van der Waals surface area contributed by atoms with Crippen LogP contribution < -0.4 is 0 Å². The topological polar surface area (TPSA) is 65.0 Å². The highest BCUT2D eigenvalue weighted by Gasteiger charge is 2.43. The minimum atomic E-state index is -0.842. The number of esters is 1. The molecule has 18 heavy (non-hydrogen) atoms. The van der Waals surface area contributed by atoms with Gasteiger partial charge in [0.1, 0.15) is 12.2 Å². The van der Waals surface area contributed by atoms with Crippen LogP contribution in [0, 0.1) is 0 Å². The monoisotopic (exact) mass is 256 g/mol. The summed E-state index contributed by atoms with van der Waals surface area (Å²) in [4.78, 5) is 10.9. The molecule has 1 unspecified atom stereocenters. The molecule has 2 fully saturated rings. The number of hydrogen-bond acceptors (Lipinski definition) is 5. The fourth-order valence-corrected chi connectivity index (χ4v) is 2.47. The number of methoxy groups -OCH3 is 1. The van der Waals surface area contributed by atoms with Gasteiger partial charge in [0.15, 0.2) is 5.79 Å². The first kappa shape index (κ1) is 13.5. The second kappa shape index (κ2) is 5.82. The lowest BCUT2D eigenvalue weighted by molar-refractivity contribution is -0.193. The van der Waals surface area contributed by atoms with Crippen LogP contribution in [0.3, 0.4) is 0 Å². The lowest BCUT2D eigenvalue weighted by Crippen LogP contribution is -2.35. The van der Waals surface area contributed by atoms with Crippen molar-refractivity contribution < 1.29 is 24.1 Å². The molecule has 2 atom stereocenters. The van der Waals surface area contributed by atoms with E-state index in [4.69, 9.17) is 9.47 Å². The minimum absolute atomic E-state index is 0.368. The van der Waals surface area contributed by atoms with Crippen molar-refractivity contribution in [1.82, 2.24) is 0 Å². The Bertz CT molecular complexity index is 319. The van der Waals surface area contributed by atoms with Crippen molar-refractivity contribution in [3.8, 4) is 0 Å². The molecule has 0 amide bonds. The molecule has 0 radical (unpaired) electrons. The summed E-state index contributed by atoms with van der Waals surface area (Å²) < 4.78 is 16.0. The molecule has 2 aliphatic rings. The zero-order chi connectivity index (χ0) is 13.0. The molecule has 0 aromatic heterocycles. The van der Waals surface area contributed by atoms with Gasteiger partial charge in [0.25, 0.3) is 0 Å². The summed E-state index contributed by atoms with van der Waals surface area (Å²) in [6.07, 6.45) is 6.54. The highest BCUT2D eigenvalue weighted by Crippen LogP contribution is 2.38. The first-order chi connectivity index (χ1) is 8.65. The largest absolute Gasteiger partial charge is 0.466 e. The lowest BCUT2D eigenvalue weighted by atomic mass is 9.94. The third-order valence-electron chi connectivity index (χ3n) is 3.50. The summed E-state index contributed by atoms with van der Waals surface area (Å²) in [6, 6.07) is 0. The van der Waals surface area contributed by atoms with E-state index >= 15 is 0 Å². The normalized spacial score (nSPS) is 28.7. The molecule has 5 nitrogen and oxygen atoms in total. The van der Waals surface area contributed by atoms with E-state index in [0.29, 0.717) is 6.61 Å². The summed E-state index contributed by atoms with van der Waals surface area (Å²) in [6.45, 7) is 0.368. The van der Waals surface area contributed by atoms with Crippen molar-refractivity contribution in [1.29, 1.82) is 0 Å². The Balaban J connectivity index is 1.87. The van der Waals surface area contributed by atoms with Crippen LogP contribution in [-0.2, 0) is 19.0 Å². The van der Waals surface area contributed by atoms with Crippen LogP contribution in [0.2, 0.25) is 0 Å². The fraction of sp³-hybridized carbons (Fsp3) is 0.769. The summed E-state index contributed by atoms with van der Waals surface area (Å²) in [5.74, 6) is -0.983. The molecular formula is C13H20O5. The second-order valence-corrected chi connectivity index (χ2v) is 4.81. The quantitative estimate of drug-likeness (QED) is 0.606. The summed E-state index contributed by atoms with van der Waals surface area (Å²) in [7, 11) is 1.30. The van der Waals surface area contributed by atoms with Gasteiger partial charge in [-0.3, -0.25) is 0 Å². The van der Waals surface area contributed by atoms with Gasteiger partial charge in [-0.25, -0.2) is 4.79 Å². The van der Waals surface area contributed by atoms with Crippen LogP contribution in [0.25, 0.3) is 0 Å². The van der Waals surface area contributed by atoms with E-state index in [1.807, 2.05) is 0 Å². The first-order valence-electron chi connectivity index (χ1n) is 6.41. The van der Waals surface area contributed by atoms with Crippen LogP contribution in [-0.4, -0.2) is 42.8 Å². The zero-order valence-corrected chi connectivity index (χ0v) is 10.6. The molecule has 102 valence electrons. The molecule has 0 aromatic rings. The number of carbonyl (C=O) groups is 1. The molecule has 1 spiro atoms. The van der Waals surface area contributed by atoms with Crippen LogP contribution in [0.1, 0.15) is 32.1 Å². The Morgan fingerprint density at radius 2 is 2.17 bits per heavy atom. The Morgan fingerprint density at radius 1 is 1.44 bits per heavy atom. The maximum atomic E-state index is 10.9. The molecule has 1 heterocycles. The van der Waals surface area contributed by atoms with Gasteiger partial charge >= 0.3 is 5.97 Å². The molecule has 5 heteroatoms. The molecule has 1 saturated heterocycles. The third-order valence-corrected chi connectivity index (χ3v) is 3.50. The molecule has 1 N–H and O–H groups in total. The van der Waals surface area contributed by atoms with E-state index in [-0.39, 0.29) is 0 Å².